The van der Waals surface area contributed by atoms with Crippen LogP contribution in [-0.4, -0.2) is 107 Å². The maximum absolute atomic E-state index is 13.6. The predicted octanol–water partition coefficient (Wildman–Crippen LogP) is 8.89. The third kappa shape index (κ3) is 9.89. The molecule has 14 nitrogen and oxygen atoms in total. The van der Waals surface area contributed by atoms with Crippen molar-refractivity contribution < 1.29 is 29.0 Å². The van der Waals surface area contributed by atoms with Gasteiger partial charge in [0.05, 0.1) is 35.0 Å². The molecule has 2 amide bonds. The molecule has 70 heavy (non-hydrogen) atoms. The van der Waals surface area contributed by atoms with Crippen molar-refractivity contribution in [1.29, 1.82) is 0 Å². The number of primary amides is 1. The molecule has 6 aliphatic rings. The number of nitrogens with one attached hydrogen (secondary N) is 2. The summed E-state index contributed by atoms with van der Waals surface area (Å²) in [6.07, 6.45) is 14.5. The Hall–Kier alpha value is -5.54. The van der Waals surface area contributed by atoms with Gasteiger partial charge >= 0.3 is 0 Å². The summed E-state index contributed by atoms with van der Waals surface area (Å²) in [4.78, 5) is 61.9. The molecular formula is C56H76N8O6. The number of benzene rings is 3. The molecule has 3 aromatic carbocycles. The van der Waals surface area contributed by atoms with Gasteiger partial charge in [0.25, 0.3) is 5.91 Å². The van der Waals surface area contributed by atoms with Crippen LogP contribution in [0.4, 0.5) is 0 Å². The lowest BCUT2D eigenvalue weighted by molar-refractivity contribution is -0.145. The summed E-state index contributed by atoms with van der Waals surface area (Å²) in [6, 6.07) is 17.0. The molecule has 0 radical (unpaired) electrons. The van der Waals surface area contributed by atoms with Crippen molar-refractivity contribution in [2.24, 2.45) is 29.2 Å². The Bertz CT molecular complexity index is 2610. The van der Waals surface area contributed by atoms with Gasteiger partial charge in [-0.15, -0.1) is 0 Å². The zero-order chi connectivity index (χ0) is 50.4. The highest BCUT2D eigenvalue weighted by atomic mass is 16.5. The number of hydrogen-bond acceptors (Lipinski definition) is 10. The van der Waals surface area contributed by atoms with Crippen LogP contribution in [0.15, 0.2) is 48.7 Å². The largest absolute Gasteiger partial charge is 0.385 e. The second-order valence-corrected chi connectivity index (χ2v) is 20.3. The highest BCUT2D eigenvalue weighted by Crippen LogP contribution is 2.61. The molecule has 2 saturated heterocycles. The highest BCUT2D eigenvalue weighted by molar-refractivity contribution is 5.88. The summed E-state index contributed by atoms with van der Waals surface area (Å²) >= 11 is 0. The van der Waals surface area contributed by atoms with Crippen LogP contribution in [-0.2, 0) is 30.3 Å². The molecular weight excluding hydrogens is 881 g/mol. The first-order valence-electron chi connectivity index (χ1n) is 25.6. The monoisotopic (exact) mass is 957 g/mol. The molecule has 14 heteroatoms. The van der Waals surface area contributed by atoms with Crippen LogP contribution in [0, 0.1) is 17.8 Å². The van der Waals surface area contributed by atoms with E-state index in [9.17, 15) is 9.59 Å². The summed E-state index contributed by atoms with van der Waals surface area (Å²) in [5.41, 5.74) is 25.3. The lowest BCUT2D eigenvalue weighted by atomic mass is 9.72. The fraction of sp³-hybridized carbons (Fsp3) is 0.536. The number of likely N-dealkylation sites (tertiary alicyclic amines) is 2. The van der Waals surface area contributed by atoms with Crippen LogP contribution in [0.1, 0.15) is 156 Å². The van der Waals surface area contributed by atoms with Crippen molar-refractivity contribution >= 4 is 36.4 Å². The normalized spacial score (nSPS) is 23.7. The number of nitrogens with two attached hydrogens (primary N) is 2. The molecule has 4 heterocycles. The van der Waals surface area contributed by atoms with Gasteiger partial charge < -0.3 is 45.8 Å². The number of aliphatic hydroxyl groups is 1. The van der Waals surface area contributed by atoms with Crippen molar-refractivity contribution in [3.63, 3.8) is 0 Å². The van der Waals surface area contributed by atoms with Gasteiger partial charge in [0, 0.05) is 19.2 Å². The molecule has 9 unspecified atom stereocenters. The minimum absolute atomic E-state index is 0.0392. The van der Waals surface area contributed by atoms with E-state index in [0.29, 0.717) is 30.1 Å². The van der Waals surface area contributed by atoms with Crippen molar-refractivity contribution in [3.05, 3.63) is 82.6 Å². The highest BCUT2D eigenvalue weighted by Gasteiger charge is 2.45. The second kappa shape index (κ2) is 23.1. The van der Waals surface area contributed by atoms with Crippen molar-refractivity contribution in [3.8, 4) is 33.5 Å². The van der Waals surface area contributed by atoms with E-state index in [1.807, 2.05) is 31.7 Å². The van der Waals surface area contributed by atoms with Crippen LogP contribution in [0.3, 0.4) is 0 Å². The van der Waals surface area contributed by atoms with E-state index in [1.165, 1.54) is 85.4 Å². The SMILES string of the molecule is C=O.CCC(C)C(O)C=O.CN.COC(C(=O)N1CCCC1c1ncc(-c2ccc(-c3ccc(-c4ccc5nc(C6CCCN6C)[nH]c5c4)c4c3C3CCC4C3)c3c2CC2CCC32)[nH]1)C(C)C.NC=O. The van der Waals surface area contributed by atoms with Gasteiger partial charge in [-0.25, -0.2) is 9.97 Å². The number of ether oxygens (including phenoxy) is 1. The molecule has 2 aliphatic heterocycles. The van der Waals surface area contributed by atoms with Gasteiger partial charge in [-0.2, -0.15) is 0 Å². The smallest absolute Gasteiger partial charge is 0.252 e. The molecule has 2 bridgehead atoms. The summed E-state index contributed by atoms with van der Waals surface area (Å²) in [5.74, 6) is 4.99. The molecule has 9 atom stereocenters. The average molecular weight is 957 g/mol. The van der Waals surface area contributed by atoms with Crippen LogP contribution in [0.2, 0.25) is 0 Å². The number of methoxy groups -OCH3 is 1. The molecule has 0 spiro atoms. The number of aliphatic hydroxyl groups excluding tert-OH is 1. The Morgan fingerprint density at radius 1 is 0.871 bits per heavy atom. The number of H-pyrrole nitrogens is 2. The molecule has 2 saturated carbocycles. The molecule has 7 N–H and O–H groups in total. The Morgan fingerprint density at radius 3 is 2.11 bits per heavy atom. The topological polar surface area (TPSA) is 214 Å². The number of amides is 2. The maximum atomic E-state index is 13.6. The zero-order valence-electron chi connectivity index (χ0n) is 42.4. The van der Waals surface area contributed by atoms with Gasteiger partial charge in [0.15, 0.2) is 0 Å². The minimum atomic E-state index is -0.764. The third-order valence-electron chi connectivity index (χ3n) is 16.3. The van der Waals surface area contributed by atoms with Crippen molar-refractivity contribution in [2.75, 3.05) is 34.3 Å². The second-order valence-electron chi connectivity index (χ2n) is 20.3. The Kier molecular flexibility index (Phi) is 17.3. The number of hydrogen-bond donors (Lipinski definition) is 5. The van der Waals surface area contributed by atoms with Gasteiger partial charge in [0.2, 0.25) is 6.41 Å². The molecule has 5 aromatic rings. The van der Waals surface area contributed by atoms with Gasteiger partial charge in [-0.05, 0) is 177 Å². The molecule has 11 rings (SSSR count). The Labute approximate surface area is 413 Å². The zero-order valence-corrected chi connectivity index (χ0v) is 42.4. The number of fused-ring (bicyclic) bond motifs is 9. The maximum Gasteiger partial charge on any atom is 0.252 e. The minimum Gasteiger partial charge on any atom is -0.385 e. The standard InChI is InChI=1S/C47H54N6O2.C6H12O2.CH3NO.CH5N.CH2O/c1-25(2)44(55-4)47(54)53-20-6-8-40(53)45-48-24-38(51-45)32-15-17-34(43-31-13-11-26(31)22-35(32)43)33-16-14-30(41-28-9-10-29(21-28)42(33)41)27-12-18-36-37(23-27)50-46(49-36)39-7-5-19-52(39)3;1-3-5(2)6(8)4-7;2-1-3;2*1-2/h12,14-18,23-26,28-29,31,39-40,44H,5-11,13,19-22H2,1-4H3,(H,48,51)(H,49,50);4-6,8H,3H2,1-2H3;1H,(H2,2,3);2H2,1H3;1H2. The Morgan fingerprint density at radius 2 is 1.51 bits per heavy atom. The van der Waals surface area contributed by atoms with Crippen LogP contribution >= 0.6 is 0 Å². The fourth-order valence-corrected chi connectivity index (χ4v) is 12.5. The predicted molar refractivity (Wildman–Crippen MR) is 276 cm³/mol. The fourth-order valence-electron chi connectivity index (χ4n) is 12.5. The van der Waals surface area contributed by atoms with E-state index in [4.69, 9.17) is 29.4 Å². The quantitative estimate of drug-likeness (QED) is 0.0793. The number of nitrogens with zero attached hydrogens (tertiary/aromatic N) is 4. The van der Waals surface area contributed by atoms with E-state index >= 15 is 0 Å². The van der Waals surface area contributed by atoms with Crippen molar-refractivity contribution in [1.82, 2.24) is 29.7 Å². The number of carbonyl (C=O) groups excluding carboxylic acids is 4. The van der Waals surface area contributed by atoms with Gasteiger partial charge in [-0.1, -0.05) is 64.4 Å². The summed E-state index contributed by atoms with van der Waals surface area (Å²) in [5, 5.41) is 8.76. The van der Waals surface area contributed by atoms with Crippen LogP contribution in [0.25, 0.3) is 44.5 Å². The number of imidazole rings is 2. The van der Waals surface area contributed by atoms with Gasteiger partial charge in [-0.3, -0.25) is 14.5 Å². The molecule has 4 fully saturated rings. The summed E-state index contributed by atoms with van der Waals surface area (Å²) < 4.78 is 5.65. The number of aromatic nitrogens is 4. The third-order valence-corrected chi connectivity index (χ3v) is 16.3. The summed E-state index contributed by atoms with van der Waals surface area (Å²) in [7, 11) is 5.37. The van der Waals surface area contributed by atoms with E-state index in [-0.39, 0.29) is 30.2 Å². The van der Waals surface area contributed by atoms with Crippen molar-refractivity contribution in [2.45, 2.75) is 140 Å². The lowest BCUT2D eigenvalue weighted by Crippen LogP contribution is -2.42. The number of rotatable bonds is 11. The van der Waals surface area contributed by atoms with Crippen LogP contribution in [0.5, 0.6) is 0 Å². The number of carbonyl (C=O) groups is 4. The van der Waals surface area contributed by atoms with E-state index in [2.05, 4.69) is 89.7 Å². The molecule has 4 aliphatic carbocycles. The van der Waals surface area contributed by atoms with Crippen LogP contribution < -0.4 is 11.5 Å². The first-order chi connectivity index (χ1) is 34.0. The summed E-state index contributed by atoms with van der Waals surface area (Å²) in [6.45, 7) is 11.8. The van der Waals surface area contributed by atoms with E-state index < -0.39 is 12.2 Å². The first kappa shape index (κ1) is 52.3. The average Bonchev–Trinajstić information content (AvgIpc) is 4.25. The lowest BCUT2D eigenvalue weighted by Gasteiger charge is -2.32. The molecule has 376 valence electrons. The van der Waals surface area contributed by atoms with E-state index in [1.54, 1.807) is 23.8 Å². The van der Waals surface area contributed by atoms with E-state index in [0.717, 1.165) is 73.1 Å². The number of aromatic amines is 2. The first-order valence-corrected chi connectivity index (χ1v) is 25.6. The molecule has 2 aromatic heterocycles. The Balaban J connectivity index is 0.000000428. The van der Waals surface area contributed by atoms with Gasteiger partial charge in [0.1, 0.15) is 36.9 Å². The number of aldehydes is 1.